The van der Waals surface area contributed by atoms with Crippen molar-refractivity contribution in [3.05, 3.63) is 0 Å². The minimum absolute atomic E-state index is 0.0259. The fourth-order valence-electron chi connectivity index (χ4n) is 5.49. The van der Waals surface area contributed by atoms with Crippen LogP contribution in [0.1, 0.15) is 48.0 Å². The van der Waals surface area contributed by atoms with Gasteiger partial charge >= 0.3 is 12.2 Å². The van der Waals surface area contributed by atoms with E-state index in [-0.39, 0.29) is 32.0 Å². The lowest BCUT2D eigenvalue weighted by Gasteiger charge is -2.64. The fourth-order valence-corrected chi connectivity index (χ4v) is 5.49. The van der Waals surface area contributed by atoms with Crippen molar-refractivity contribution in [3.8, 4) is 0 Å². The highest BCUT2D eigenvalue weighted by atomic mass is 16.4. The summed E-state index contributed by atoms with van der Waals surface area (Å²) in [4.78, 5) is 38.8. The molecule has 8 nitrogen and oxygen atoms in total. The number of amides is 3. The van der Waals surface area contributed by atoms with Crippen LogP contribution < -0.4 is 5.32 Å². The first-order chi connectivity index (χ1) is 11.2. The van der Waals surface area contributed by atoms with Crippen LogP contribution in [-0.2, 0) is 4.79 Å². The second-order valence-corrected chi connectivity index (χ2v) is 9.14. The van der Waals surface area contributed by atoms with Crippen LogP contribution in [0.5, 0.6) is 0 Å². The number of nitrogens with one attached hydrogen (secondary N) is 1. The van der Waals surface area contributed by atoms with Crippen LogP contribution in [0.25, 0.3) is 0 Å². The largest absolute Gasteiger partial charge is 0.465 e. The molecule has 1 unspecified atom stereocenters. The van der Waals surface area contributed by atoms with Crippen molar-refractivity contribution in [2.24, 2.45) is 10.8 Å². The Morgan fingerprint density at radius 3 is 1.92 bits per heavy atom. The lowest BCUT2D eigenvalue weighted by atomic mass is 9.51. The average Bonchev–Trinajstić information content (AvgIpc) is 2.71. The molecule has 0 bridgehead atoms. The third-order valence-corrected chi connectivity index (χ3v) is 5.79. The summed E-state index contributed by atoms with van der Waals surface area (Å²) in [5.41, 5.74) is -3.11. The van der Waals surface area contributed by atoms with E-state index in [1.165, 1.54) is 9.80 Å². The van der Waals surface area contributed by atoms with Gasteiger partial charge in [-0.2, -0.15) is 0 Å². The minimum atomic E-state index is -1.16. The summed E-state index contributed by atoms with van der Waals surface area (Å²) in [5.74, 6) is -0.247. The van der Waals surface area contributed by atoms with E-state index in [1.54, 1.807) is 0 Å². The fraction of sp³-hybridized carbons (Fsp3) is 0.824. The second kappa shape index (κ2) is 5.51. The first-order valence-electron chi connectivity index (χ1n) is 8.49. The maximum atomic E-state index is 12.6. The van der Waals surface area contributed by atoms with Crippen LogP contribution in [0, 0.1) is 10.8 Å². The van der Waals surface area contributed by atoms with Crippen LogP contribution in [0.3, 0.4) is 0 Å². The van der Waals surface area contributed by atoms with Gasteiger partial charge in [-0.25, -0.2) is 9.59 Å². The molecule has 2 aliphatic rings. The van der Waals surface area contributed by atoms with Crippen molar-refractivity contribution in [3.63, 3.8) is 0 Å². The van der Waals surface area contributed by atoms with E-state index in [9.17, 15) is 24.6 Å². The quantitative estimate of drug-likeness (QED) is 0.616. The second-order valence-electron chi connectivity index (χ2n) is 9.14. The molecule has 1 spiro atoms. The number of hydrogen-bond donors (Lipinski definition) is 3. The van der Waals surface area contributed by atoms with E-state index >= 15 is 0 Å². The number of piperazine rings is 1. The zero-order valence-corrected chi connectivity index (χ0v) is 15.8. The first-order valence-corrected chi connectivity index (χ1v) is 8.49. The molecule has 25 heavy (non-hydrogen) atoms. The van der Waals surface area contributed by atoms with E-state index in [1.807, 2.05) is 41.5 Å². The number of carbonyl (C=O) groups is 3. The smallest absolute Gasteiger partial charge is 0.407 e. The molecular formula is C17H29N3O5. The topological polar surface area (TPSA) is 110 Å². The molecule has 0 radical (unpaired) electrons. The number of carbonyl (C=O) groups excluding carboxylic acids is 1. The first kappa shape index (κ1) is 19.3. The van der Waals surface area contributed by atoms with Gasteiger partial charge in [-0.05, 0) is 10.8 Å². The van der Waals surface area contributed by atoms with Crippen molar-refractivity contribution in [2.45, 2.75) is 59.0 Å². The van der Waals surface area contributed by atoms with Crippen LogP contribution in [-0.4, -0.2) is 68.8 Å². The van der Waals surface area contributed by atoms with Gasteiger partial charge in [0.25, 0.3) is 0 Å². The van der Waals surface area contributed by atoms with E-state index in [2.05, 4.69) is 5.32 Å². The molecule has 2 aliphatic heterocycles. The van der Waals surface area contributed by atoms with Gasteiger partial charge in [-0.1, -0.05) is 41.5 Å². The molecule has 0 aliphatic carbocycles. The standard InChI is InChI=1S/C17H29N3O5/c1-14(2,3)17(15(4,5)6)16(9-11(21)18-17)10-19(12(22)23)7-8-20(16)13(24)25/h7-10H2,1-6H3,(H,18,21)(H,22,23)(H,24,25). The van der Waals surface area contributed by atoms with Gasteiger partial charge in [0, 0.05) is 13.1 Å². The Morgan fingerprint density at radius 2 is 1.52 bits per heavy atom. The molecule has 3 amide bonds. The number of hydrogen-bond acceptors (Lipinski definition) is 3. The van der Waals surface area contributed by atoms with E-state index in [0.717, 1.165) is 0 Å². The summed E-state index contributed by atoms with van der Waals surface area (Å²) < 4.78 is 0. The highest BCUT2D eigenvalue weighted by Gasteiger charge is 2.72. The van der Waals surface area contributed by atoms with Gasteiger partial charge in [0.1, 0.15) is 0 Å². The third kappa shape index (κ3) is 2.53. The average molecular weight is 355 g/mol. The van der Waals surface area contributed by atoms with Crippen molar-refractivity contribution in [1.29, 1.82) is 0 Å². The highest BCUT2D eigenvalue weighted by Crippen LogP contribution is 2.57. The molecule has 0 aromatic heterocycles. The van der Waals surface area contributed by atoms with Gasteiger partial charge in [-0.15, -0.1) is 0 Å². The van der Waals surface area contributed by atoms with Crippen molar-refractivity contribution >= 4 is 18.1 Å². The maximum absolute atomic E-state index is 12.6. The molecule has 8 heteroatoms. The minimum Gasteiger partial charge on any atom is -0.465 e. The van der Waals surface area contributed by atoms with Gasteiger partial charge in [0.05, 0.1) is 24.0 Å². The van der Waals surface area contributed by atoms with Gasteiger partial charge in [0.15, 0.2) is 0 Å². The Bertz CT molecular complexity index is 590. The summed E-state index contributed by atoms with van der Waals surface area (Å²) >= 11 is 0. The van der Waals surface area contributed by atoms with Gasteiger partial charge in [0.2, 0.25) is 5.91 Å². The molecule has 3 N–H and O–H groups in total. The summed E-state index contributed by atoms with van der Waals surface area (Å²) in [6, 6.07) is 0. The lowest BCUT2D eigenvalue weighted by Crippen LogP contribution is -2.80. The summed E-state index contributed by atoms with van der Waals surface area (Å²) in [6.45, 7) is 11.9. The number of rotatable bonds is 0. The van der Waals surface area contributed by atoms with E-state index < -0.39 is 34.1 Å². The zero-order chi connectivity index (χ0) is 19.4. The molecule has 0 aromatic rings. The van der Waals surface area contributed by atoms with Crippen LogP contribution in [0.15, 0.2) is 0 Å². The van der Waals surface area contributed by atoms with Gasteiger partial charge < -0.3 is 20.4 Å². The molecular weight excluding hydrogens is 326 g/mol. The van der Waals surface area contributed by atoms with Crippen LogP contribution in [0.2, 0.25) is 0 Å². The molecule has 1 atom stereocenters. The van der Waals surface area contributed by atoms with Crippen LogP contribution in [0.4, 0.5) is 9.59 Å². The molecule has 2 rings (SSSR count). The Labute approximate surface area is 148 Å². The molecule has 2 fully saturated rings. The van der Waals surface area contributed by atoms with E-state index in [4.69, 9.17) is 0 Å². The molecule has 0 saturated carbocycles. The Kier molecular flexibility index (Phi) is 4.26. The number of carboxylic acid groups (broad SMARTS) is 2. The van der Waals surface area contributed by atoms with Crippen molar-refractivity contribution in [2.75, 3.05) is 19.6 Å². The summed E-state index contributed by atoms with van der Waals surface area (Å²) in [7, 11) is 0. The normalized spacial score (nSPS) is 26.7. The maximum Gasteiger partial charge on any atom is 0.407 e. The SMILES string of the molecule is CC(C)(C)C1(C(C)(C)C)NC(=O)CC12CN(C(=O)O)CCN2C(=O)O. The van der Waals surface area contributed by atoms with E-state index in [0.29, 0.717) is 0 Å². The Hall–Kier alpha value is -1.99. The Balaban J connectivity index is 2.78. The number of nitrogens with zero attached hydrogens (tertiary/aromatic N) is 2. The van der Waals surface area contributed by atoms with Gasteiger partial charge in [-0.3, -0.25) is 9.69 Å². The highest BCUT2D eigenvalue weighted by molar-refractivity contribution is 5.85. The molecule has 2 saturated heterocycles. The predicted molar refractivity (Wildman–Crippen MR) is 91.5 cm³/mol. The van der Waals surface area contributed by atoms with Crippen molar-refractivity contribution < 1.29 is 24.6 Å². The summed E-state index contributed by atoms with van der Waals surface area (Å²) in [5, 5.41) is 22.5. The van der Waals surface area contributed by atoms with Crippen molar-refractivity contribution in [1.82, 2.24) is 15.1 Å². The Morgan fingerprint density at radius 1 is 1.00 bits per heavy atom. The third-order valence-electron chi connectivity index (χ3n) is 5.79. The monoisotopic (exact) mass is 355 g/mol. The van der Waals surface area contributed by atoms with Crippen LogP contribution >= 0.6 is 0 Å². The zero-order valence-electron chi connectivity index (χ0n) is 15.8. The lowest BCUT2D eigenvalue weighted by molar-refractivity contribution is -0.122. The molecule has 0 aromatic carbocycles. The summed E-state index contributed by atoms with van der Waals surface area (Å²) in [6.07, 6.45) is -2.27. The molecule has 142 valence electrons. The predicted octanol–water partition coefficient (Wildman–Crippen LogP) is 2.05. The molecule has 2 heterocycles.